The van der Waals surface area contributed by atoms with Gasteiger partial charge in [0.1, 0.15) is 11.3 Å². The molecule has 0 aliphatic carbocycles. The number of anilines is 1. The Bertz CT molecular complexity index is 1030. The summed E-state index contributed by atoms with van der Waals surface area (Å²) in [5.41, 5.74) is 3.05. The van der Waals surface area contributed by atoms with E-state index in [2.05, 4.69) is 9.88 Å². The second kappa shape index (κ2) is 9.20. The SMILES string of the molecule is Cc1cc(C)cc(C(=O)N(CCCN2CCOCC2)c2nc3c(F)cccc3s2)c1. The van der Waals surface area contributed by atoms with Crippen LogP contribution in [0.4, 0.5) is 9.52 Å². The zero-order valence-corrected chi connectivity index (χ0v) is 18.2. The number of para-hydroxylation sites is 1. The van der Waals surface area contributed by atoms with Crippen LogP contribution in [0.5, 0.6) is 0 Å². The molecule has 3 aromatic rings. The van der Waals surface area contributed by atoms with Gasteiger partial charge in [0.2, 0.25) is 0 Å². The Morgan fingerprint density at radius 1 is 1.20 bits per heavy atom. The van der Waals surface area contributed by atoms with E-state index in [4.69, 9.17) is 4.74 Å². The van der Waals surface area contributed by atoms with Gasteiger partial charge in [0.15, 0.2) is 5.13 Å². The first-order chi connectivity index (χ1) is 14.5. The van der Waals surface area contributed by atoms with Gasteiger partial charge in [-0.05, 0) is 44.5 Å². The number of hydrogen-bond acceptors (Lipinski definition) is 5. The average Bonchev–Trinajstić information content (AvgIpc) is 3.16. The smallest absolute Gasteiger partial charge is 0.260 e. The summed E-state index contributed by atoms with van der Waals surface area (Å²) in [6, 6.07) is 10.8. The highest BCUT2D eigenvalue weighted by atomic mass is 32.1. The molecule has 0 saturated carbocycles. The van der Waals surface area contributed by atoms with Crippen molar-refractivity contribution in [1.29, 1.82) is 0 Å². The monoisotopic (exact) mass is 427 g/mol. The number of hydrogen-bond donors (Lipinski definition) is 0. The van der Waals surface area contributed by atoms with Crippen LogP contribution < -0.4 is 4.90 Å². The van der Waals surface area contributed by atoms with Crippen LogP contribution in [0.1, 0.15) is 27.9 Å². The molecule has 0 radical (unpaired) electrons. The number of ether oxygens (including phenoxy) is 1. The van der Waals surface area contributed by atoms with Gasteiger partial charge < -0.3 is 4.74 Å². The quantitative estimate of drug-likeness (QED) is 0.584. The number of amides is 1. The number of aryl methyl sites for hydroxylation is 2. The molecule has 0 bridgehead atoms. The average molecular weight is 428 g/mol. The van der Waals surface area contributed by atoms with E-state index in [-0.39, 0.29) is 11.7 Å². The van der Waals surface area contributed by atoms with Gasteiger partial charge in [-0.2, -0.15) is 0 Å². The topological polar surface area (TPSA) is 45.7 Å². The molecule has 30 heavy (non-hydrogen) atoms. The molecule has 1 saturated heterocycles. The van der Waals surface area contributed by atoms with Crippen molar-refractivity contribution in [1.82, 2.24) is 9.88 Å². The maximum Gasteiger partial charge on any atom is 0.260 e. The van der Waals surface area contributed by atoms with E-state index in [1.807, 2.05) is 38.1 Å². The van der Waals surface area contributed by atoms with Gasteiger partial charge in [-0.25, -0.2) is 9.37 Å². The highest BCUT2D eigenvalue weighted by molar-refractivity contribution is 7.22. The van der Waals surface area contributed by atoms with Crippen molar-refractivity contribution in [2.45, 2.75) is 20.3 Å². The summed E-state index contributed by atoms with van der Waals surface area (Å²) in [6.45, 7) is 8.72. The molecule has 1 aliphatic rings. The third kappa shape index (κ3) is 4.69. The predicted octanol–water partition coefficient (Wildman–Crippen LogP) is 4.42. The Hall–Kier alpha value is -2.35. The van der Waals surface area contributed by atoms with E-state index >= 15 is 0 Å². The van der Waals surface area contributed by atoms with Gasteiger partial charge in [-0.15, -0.1) is 0 Å². The van der Waals surface area contributed by atoms with Gasteiger partial charge in [-0.3, -0.25) is 14.6 Å². The molecule has 2 aromatic carbocycles. The summed E-state index contributed by atoms with van der Waals surface area (Å²) in [7, 11) is 0. The predicted molar refractivity (Wildman–Crippen MR) is 119 cm³/mol. The lowest BCUT2D eigenvalue weighted by molar-refractivity contribution is 0.0376. The van der Waals surface area contributed by atoms with Crippen molar-refractivity contribution in [3.63, 3.8) is 0 Å². The van der Waals surface area contributed by atoms with Gasteiger partial charge in [0, 0.05) is 31.7 Å². The Labute approximate surface area is 180 Å². The molecule has 0 spiro atoms. The highest BCUT2D eigenvalue weighted by Crippen LogP contribution is 2.31. The zero-order chi connectivity index (χ0) is 21.1. The van der Waals surface area contributed by atoms with Crippen LogP contribution in [0.25, 0.3) is 10.2 Å². The fourth-order valence-corrected chi connectivity index (χ4v) is 4.84. The van der Waals surface area contributed by atoms with E-state index in [1.54, 1.807) is 11.0 Å². The van der Waals surface area contributed by atoms with Crippen molar-refractivity contribution in [3.8, 4) is 0 Å². The Kier molecular flexibility index (Phi) is 6.41. The van der Waals surface area contributed by atoms with Crippen LogP contribution >= 0.6 is 11.3 Å². The van der Waals surface area contributed by atoms with E-state index in [1.165, 1.54) is 17.4 Å². The number of rotatable bonds is 6. The minimum absolute atomic E-state index is 0.0942. The number of aromatic nitrogens is 1. The standard InChI is InChI=1S/C23H26FN3O2S/c1-16-13-17(2)15-18(14-16)22(28)27(8-4-7-26-9-11-29-12-10-26)23-25-21-19(24)5-3-6-20(21)30-23/h3,5-6,13-15H,4,7-12H2,1-2H3. The number of carbonyl (C=O) groups excluding carboxylic acids is 1. The minimum Gasteiger partial charge on any atom is -0.379 e. The second-order valence-corrected chi connectivity index (χ2v) is 8.73. The normalized spacial score (nSPS) is 14.9. The molecule has 2 heterocycles. The molecule has 5 nitrogen and oxygen atoms in total. The summed E-state index contributed by atoms with van der Waals surface area (Å²) in [6.07, 6.45) is 0.814. The molecule has 1 fully saturated rings. The van der Waals surface area contributed by atoms with Crippen molar-refractivity contribution < 1.29 is 13.9 Å². The van der Waals surface area contributed by atoms with E-state index in [9.17, 15) is 9.18 Å². The van der Waals surface area contributed by atoms with E-state index in [0.29, 0.717) is 22.8 Å². The number of fused-ring (bicyclic) bond motifs is 1. The first-order valence-corrected chi connectivity index (χ1v) is 11.1. The van der Waals surface area contributed by atoms with Gasteiger partial charge in [0.05, 0.1) is 17.9 Å². The van der Waals surface area contributed by atoms with E-state index < -0.39 is 0 Å². The van der Waals surface area contributed by atoms with Crippen molar-refractivity contribution >= 4 is 32.6 Å². The van der Waals surface area contributed by atoms with Gasteiger partial charge in [-0.1, -0.05) is 34.6 Å². The number of benzene rings is 2. The van der Waals surface area contributed by atoms with Crippen molar-refractivity contribution in [2.24, 2.45) is 0 Å². The van der Waals surface area contributed by atoms with Crippen LogP contribution in [0.2, 0.25) is 0 Å². The fraction of sp³-hybridized carbons (Fsp3) is 0.391. The Balaban J connectivity index is 1.60. The minimum atomic E-state index is -0.359. The largest absolute Gasteiger partial charge is 0.379 e. The van der Waals surface area contributed by atoms with E-state index in [0.717, 1.165) is 55.1 Å². The van der Waals surface area contributed by atoms with Crippen molar-refractivity contribution in [2.75, 3.05) is 44.3 Å². The third-order valence-electron chi connectivity index (χ3n) is 5.26. The fourth-order valence-electron chi connectivity index (χ4n) is 3.83. The summed E-state index contributed by atoms with van der Waals surface area (Å²) >= 11 is 1.36. The van der Waals surface area contributed by atoms with Gasteiger partial charge in [0.25, 0.3) is 5.91 Å². The number of halogens is 1. The molecule has 0 atom stereocenters. The molecular weight excluding hydrogens is 401 g/mol. The summed E-state index contributed by atoms with van der Waals surface area (Å²) in [4.78, 5) is 22.0. The Morgan fingerprint density at radius 2 is 1.93 bits per heavy atom. The summed E-state index contributed by atoms with van der Waals surface area (Å²) < 4.78 is 20.4. The molecular formula is C23H26FN3O2S. The number of thiazole rings is 1. The Morgan fingerprint density at radius 3 is 2.63 bits per heavy atom. The number of nitrogens with zero attached hydrogens (tertiary/aromatic N) is 3. The maximum atomic E-state index is 14.2. The number of morpholine rings is 1. The molecule has 158 valence electrons. The molecule has 1 aromatic heterocycles. The van der Waals surface area contributed by atoms with Crippen LogP contribution in [0.3, 0.4) is 0 Å². The lowest BCUT2D eigenvalue weighted by Gasteiger charge is -2.27. The lowest BCUT2D eigenvalue weighted by atomic mass is 10.1. The second-order valence-electron chi connectivity index (χ2n) is 7.72. The zero-order valence-electron chi connectivity index (χ0n) is 17.4. The lowest BCUT2D eigenvalue weighted by Crippen LogP contribution is -2.39. The summed E-state index contributed by atoms with van der Waals surface area (Å²) in [5, 5.41) is 0.543. The molecule has 0 unspecified atom stereocenters. The number of carbonyl (C=O) groups is 1. The van der Waals surface area contributed by atoms with Gasteiger partial charge >= 0.3 is 0 Å². The van der Waals surface area contributed by atoms with Crippen LogP contribution in [-0.2, 0) is 4.74 Å². The molecule has 0 N–H and O–H groups in total. The first-order valence-electron chi connectivity index (χ1n) is 10.3. The first kappa shape index (κ1) is 20.9. The molecule has 7 heteroatoms. The molecule has 4 rings (SSSR count). The maximum absolute atomic E-state index is 14.2. The van der Waals surface area contributed by atoms with Crippen LogP contribution in [0.15, 0.2) is 36.4 Å². The summed E-state index contributed by atoms with van der Waals surface area (Å²) in [5.74, 6) is -0.453. The molecule has 1 aliphatic heterocycles. The highest BCUT2D eigenvalue weighted by Gasteiger charge is 2.23. The van der Waals surface area contributed by atoms with Crippen molar-refractivity contribution in [3.05, 3.63) is 58.9 Å². The van der Waals surface area contributed by atoms with Crippen LogP contribution in [-0.4, -0.2) is 55.2 Å². The third-order valence-corrected chi connectivity index (χ3v) is 6.31. The van der Waals surface area contributed by atoms with Crippen LogP contribution in [0, 0.1) is 19.7 Å². The molecule has 1 amide bonds.